The van der Waals surface area contributed by atoms with Gasteiger partial charge in [-0.25, -0.2) is 0 Å². The summed E-state index contributed by atoms with van der Waals surface area (Å²) in [5, 5.41) is 9.82. The third kappa shape index (κ3) is 3.88. The first-order valence-electron chi connectivity index (χ1n) is 6.79. The molecule has 0 aliphatic carbocycles. The van der Waals surface area contributed by atoms with Gasteiger partial charge >= 0.3 is 0 Å². The highest BCUT2D eigenvalue weighted by atomic mass is 16.2. The first-order chi connectivity index (χ1) is 9.69. The van der Waals surface area contributed by atoms with Crippen LogP contribution in [0.5, 0.6) is 0 Å². The molecular formula is C14H19N5O. The Morgan fingerprint density at radius 2 is 2.30 bits per heavy atom. The molecule has 0 bridgehead atoms. The Labute approximate surface area is 118 Å². The van der Waals surface area contributed by atoms with E-state index >= 15 is 0 Å². The maximum absolute atomic E-state index is 12.0. The van der Waals surface area contributed by atoms with E-state index in [9.17, 15) is 4.79 Å². The molecule has 2 heterocycles. The number of nitrogens with one attached hydrogen (secondary N) is 2. The smallest absolute Gasteiger partial charge is 0.271 e. The summed E-state index contributed by atoms with van der Waals surface area (Å²) in [7, 11) is 0. The predicted octanol–water partition coefficient (Wildman–Crippen LogP) is 1.51. The van der Waals surface area contributed by atoms with Crippen molar-refractivity contribution in [1.29, 1.82) is 0 Å². The molecule has 106 valence electrons. The van der Waals surface area contributed by atoms with Gasteiger partial charge in [-0.2, -0.15) is 5.10 Å². The van der Waals surface area contributed by atoms with Crippen LogP contribution in [-0.4, -0.2) is 32.1 Å². The molecule has 2 N–H and O–H groups in total. The third-order valence-corrected chi connectivity index (χ3v) is 2.89. The van der Waals surface area contributed by atoms with Gasteiger partial charge in [0.2, 0.25) is 0 Å². The lowest BCUT2D eigenvalue weighted by Crippen LogP contribution is -2.34. The van der Waals surface area contributed by atoms with Crippen molar-refractivity contribution in [2.75, 3.05) is 0 Å². The standard InChI is InChI=1S/C14H19N5O/c1-3-4-11-8-13(19-18-11)14(20)17-10(2)7-12-9-15-5-6-16-12/h5-6,8-10H,3-4,7H2,1-2H3,(H,17,20)(H,18,19)/t10-/m0/s1. The summed E-state index contributed by atoms with van der Waals surface area (Å²) in [6, 6.07) is 1.78. The van der Waals surface area contributed by atoms with E-state index in [4.69, 9.17) is 0 Å². The molecule has 2 aromatic heterocycles. The highest BCUT2D eigenvalue weighted by Crippen LogP contribution is 2.04. The predicted molar refractivity (Wildman–Crippen MR) is 75.2 cm³/mol. The Morgan fingerprint density at radius 3 is 3.00 bits per heavy atom. The Morgan fingerprint density at radius 1 is 1.45 bits per heavy atom. The molecule has 1 atom stereocenters. The minimum absolute atomic E-state index is 0.0227. The van der Waals surface area contributed by atoms with Gasteiger partial charge < -0.3 is 5.32 Å². The number of aromatic nitrogens is 4. The highest BCUT2D eigenvalue weighted by Gasteiger charge is 2.13. The lowest BCUT2D eigenvalue weighted by molar-refractivity contribution is 0.0935. The molecule has 0 aromatic carbocycles. The number of hydrogen-bond acceptors (Lipinski definition) is 4. The molecule has 0 aliphatic rings. The summed E-state index contributed by atoms with van der Waals surface area (Å²) >= 11 is 0. The van der Waals surface area contributed by atoms with Crippen molar-refractivity contribution in [3.63, 3.8) is 0 Å². The number of amides is 1. The number of nitrogens with zero attached hydrogens (tertiary/aromatic N) is 3. The second-order valence-corrected chi connectivity index (χ2v) is 4.80. The first kappa shape index (κ1) is 14.2. The maximum Gasteiger partial charge on any atom is 0.271 e. The van der Waals surface area contributed by atoms with Crippen molar-refractivity contribution >= 4 is 5.91 Å². The van der Waals surface area contributed by atoms with Crippen LogP contribution in [0.4, 0.5) is 0 Å². The average Bonchev–Trinajstić information content (AvgIpc) is 2.89. The van der Waals surface area contributed by atoms with E-state index in [0.29, 0.717) is 12.1 Å². The zero-order valence-electron chi connectivity index (χ0n) is 11.8. The van der Waals surface area contributed by atoms with Crippen LogP contribution in [0.25, 0.3) is 0 Å². The van der Waals surface area contributed by atoms with Crippen molar-refractivity contribution in [3.8, 4) is 0 Å². The molecule has 0 saturated heterocycles. The van der Waals surface area contributed by atoms with Crippen molar-refractivity contribution in [2.45, 2.75) is 39.2 Å². The monoisotopic (exact) mass is 273 g/mol. The van der Waals surface area contributed by atoms with E-state index < -0.39 is 0 Å². The zero-order valence-corrected chi connectivity index (χ0v) is 11.8. The van der Waals surface area contributed by atoms with Gasteiger partial charge in [0.25, 0.3) is 5.91 Å². The van der Waals surface area contributed by atoms with Crippen LogP contribution >= 0.6 is 0 Å². The highest BCUT2D eigenvalue weighted by molar-refractivity contribution is 5.92. The second-order valence-electron chi connectivity index (χ2n) is 4.80. The molecule has 0 saturated carbocycles. The molecule has 1 amide bonds. The van der Waals surface area contributed by atoms with Crippen LogP contribution in [0, 0.1) is 0 Å². The second kappa shape index (κ2) is 6.79. The van der Waals surface area contributed by atoms with Crippen LogP contribution in [0.1, 0.15) is 42.1 Å². The van der Waals surface area contributed by atoms with Crippen LogP contribution in [0.3, 0.4) is 0 Å². The molecular weight excluding hydrogens is 254 g/mol. The SMILES string of the molecule is CCCc1cc(C(=O)N[C@@H](C)Cc2cnccn2)n[nH]1. The fraction of sp³-hybridized carbons (Fsp3) is 0.429. The minimum Gasteiger partial charge on any atom is -0.348 e. The Kier molecular flexibility index (Phi) is 4.81. The molecule has 2 rings (SSSR count). The largest absolute Gasteiger partial charge is 0.348 e. The summed E-state index contributed by atoms with van der Waals surface area (Å²) in [6.45, 7) is 4.02. The quantitative estimate of drug-likeness (QED) is 0.835. The van der Waals surface area contributed by atoms with Crippen LogP contribution in [-0.2, 0) is 12.8 Å². The summed E-state index contributed by atoms with van der Waals surface area (Å²) in [5.74, 6) is -0.167. The van der Waals surface area contributed by atoms with Gasteiger partial charge in [-0.1, -0.05) is 13.3 Å². The summed E-state index contributed by atoms with van der Waals surface area (Å²) in [6.07, 6.45) is 7.55. The van der Waals surface area contributed by atoms with E-state index in [1.165, 1.54) is 0 Å². The molecule has 6 nitrogen and oxygen atoms in total. The van der Waals surface area contributed by atoms with Crippen LogP contribution in [0.15, 0.2) is 24.7 Å². The van der Waals surface area contributed by atoms with Crippen molar-refractivity contribution in [3.05, 3.63) is 41.7 Å². The summed E-state index contributed by atoms with van der Waals surface area (Å²) in [4.78, 5) is 20.2. The molecule has 0 spiro atoms. The van der Waals surface area contributed by atoms with Crippen molar-refractivity contribution < 1.29 is 4.79 Å². The number of carbonyl (C=O) groups is 1. The minimum atomic E-state index is -0.167. The Balaban J connectivity index is 1.90. The normalized spacial score (nSPS) is 12.1. The number of H-pyrrole nitrogens is 1. The molecule has 6 heteroatoms. The van der Waals surface area contributed by atoms with Gasteiger partial charge in [0.15, 0.2) is 0 Å². The fourth-order valence-corrected chi connectivity index (χ4v) is 1.97. The third-order valence-electron chi connectivity index (χ3n) is 2.89. The van der Waals surface area contributed by atoms with Crippen molar-refractivity contribution in [1.82, 2.24) is 25.5 Å². The fourth-order valence-electron chi connectivity index (χ4n) is 1.97. The number of aromatic amines is 1. The Hall–Kier alpha value is -2.24. The van der Waals surface area contributed by atoms with E-state index in [0.717, 1.165) is 24.2 Å². The van der Waals surface area contributed by atoms with E-state index in [-0.39, 0.29) is 11.9 Å². The number of rotatable bonds is 6. The van der Waals surface area contributed by atoms with Crippen LogP contribution < -0.4 is 5.32 Å². The van der Waals surface area contributed by atoms with Gasteiger partial charge in [0.1, 0.15) is 5.69 Å². The summed E-state index contributed by atoms with van der Waals surface area (Å²) in [5.41, 5.74) is 2.27. The lowest BCUT2D eigenvalue weighted by Gasteiger charge is -2.11. The lowest BCUT2D eigenvalue weighted by atomic mass is 10.2. The van der Waals surface area contributed by atoms with E-state index in [1.54, 1.807) is 24.7 Å². The number of carbonyl (C=O) groups excluding carboxylic acids is 1. The van der Waals surface area contributed by atoms with E-state index in [2.05, 4.69) is 32.4 Å². The van der Waals surface area contributed by atoms with Gasteiger partial charge in [0.05, 0.1) is 5.69 Å². The zero-order chi connectivity index (χ0) is 14.4. The van der Waals surface area contributed by atoms with Gasteiger partial charge in [-0.3, -0.25) is 19.9 Å². The maximum atomic E-state index is 12.0. The number of hydrogen-bond donors (Lipinski definition) is 2. The van der Waals surface area contributed by atoms with E-state index in [1.807, 2.05) is 6.92 Å². The summed E-state index contributed by atoms with van der Waals surface area (Å²) < 4.78 is 0. The van der Waals surface area contributed by atoms with Gasteiger partial charge in [-0.05, 0) is 19.4 Å². The van der Waals surface area contributed by atoms with Crippen LogP contribution in [0.2, 0.25) is 0 Å². The van der Waals surface area contributed by atoms with Crippen molar-refractivity contribution in [2.24, 2.45) is 0 Å². The topological polar surface area (TPSA) is 83.6 Å². The number of aryl methyl sites for hydroxylation is 1. The molecule has 0 radical (unpaired) electrons. The van der Waals surface area contributed by atoms with Gasteiger partial charge in [0, 0.05) is 36.7 Å². The molecule has 2 aromatic rings. The molecule has 0 fully saturated rings. The average molecular weight is 273 g/mol. The molecule has 20 heavy (non-hydrogen) atoms. The molecule has 0 unspecified atom stereocenters. The Bertz CT molecular complexity index is 552. The molecule has 0 aliphatic heterocycles. The first-order valence-corrected chi connectivity index (χ1v) is 6.79. The van der Waals surface area contributed by atoms with Gasteiger partial charge in [-0.15, -0.1) is 0 Å².